The van der Waals surface area contributed by atoms with Gasteiger partial charge in [0.05, 0.1) is 33.0 Å². The van der Waals surface area contributed by atoms with Gasteiger partial charge < -0.3 is 24.1 Å². The van der Waals surface area contributed by atoms with Crippen LogP contribution in [0.2, 0.25) is 0 Å². The number of unbranched alkanes of at least 4 members (excludes halogenated alkanes) is 1. The molecule has 1 N–H and O–H groups in total. The van der Waals surface area contributed by atoms with Crippen LogP contribution in [0.1, 0.15) is 19.8 Å². The van der Waals surface area contributed by atoms with Gasteiger partial charge in [-0.05, 0) is 6.42 Å². The minimum atomic E-state index is -1.01. The summed E-state index contributed by atoms with van der Waals surface area (Å²) in [6, 6.07) is 0. The molecule has 0 heterocycles. The first-order valence-electron chi connectivity index (χ1n) is 6.27. The number of carbonyl (C=O) groups excluding carboxylic acids is 1. The van der Waals surface area contributed by atoms with Crippen LogP contribution in [-0.4, -0.2) is 63.3 Å². The van der Waals surface area contributed by atoms with E-state index in [1.807, 2.05) is 6.92 Å². The molecule has 0 rings (SSSR count). The molecule has 0 radical (unpaired) electrons. The van der Waals surface area contributed by atoms with E-state index in [4.69, 9.17) is 24.1 Å². The molecule has 0 bridgehead atoms. The van der Waals surface area contributed by atoms with E-state index in [1.165, 1.54) is 0 Å². The fraction of sp³-hybridized carbons (Fsp3) is 0.833. The van der Waals surface area contributed by atoms with Crippen molar-refractivity contribution in [3.63, 3.8) is 0 Å². The fourth-order valence-electron chi connectivity index (χ4n) is 1.02. The number of carbonyl (C=O) groups is 2. The first-order valence-corrected chi connectivity index (χ1v) is 6.27. The third-order valence-corrected chi connectivity index (χ3v) is 1.95. The molecule has 0 aromatic carbocycles. The summed E-state index contributed by atoms with van der Waals surface area (Å²) < 4.78 is 19.8. The Labute approximate surface area is 112 Å². The highest BCUT2D eigenvalue weighted by Gasteiger charge is 2.02. The summed E-state index contributed by atoms with van der Waals surface area (Å²) in [5.74, 6) is -1.39. The Morgan fingerprint density at radius 3 is 2.05 bits per heavy atom. The van der Waals surface area contributed by atoms with E-state index in [0.717, 1.165) is 12.8 Å². The average Bonchev–Trinajstić information content (AvgIpc) is 2.36. The predicted octanol–water partition coefficient (Wildman–Crippen LogP) is 0.464. The number of hydrogen-bond donors (Lipinski definition) is 1. The van der Waals surface area contributed by atoms with Gasteiger partial charge in [0, 0.05) is 0 Å². The first-order chi connectivity index (χ1) is 9.16. The van der Waals surface area contributed by atoms with Gasteiger partial charge in [0.25, 0.3) is 0 Å². The van der Waals surface area contributed by atoms with E-state index in [0.29, 0.717) is 13.2 Å². The van der Waals surface area contributed by atoms with Crippen molar-refractivity contribution in [2.24, 2.45) is 0 Å². The Balaban J connectivity index is 3.13. The predicted molar refractivity (Wildman–Crippen MR) is 66.0 cm³/mol. The molecule has 0 saturated heterocycles. The minimum Gasteiger partial charge on any atom is -0.480 e. The van der Waals surface area contributed by atoms with Gasteiger partial charge >= 0.3 is 11.9 Å². The Kier molecular flexibility index (Phi) is 12.4. The maximum absolute atomic E-state index is 11.1. The largest absolute Gasteiger partial charge is 0.480 e. The summed E-state index contributed by atoms with van der Waals surface area (Å²) in [6.45, 7) is 3.13. The van der Waals surface area contributed by atoms with Crippen LogP contribution >= 0.6 is 0 Å². The number of esters is 1. The molecule has 0 aliphatic carbocycles. The van der Waals surface area contributed by atoms with Crippen molar-refractivity contribution in [3.05, 3.63) is 0 Å². The molecular weight excluding hydrogens is 256 g/mol. The fourth-order valence-corrected chi connectivity index (χ4v) is 1.02. The van der Waals surface area contributed by atoms with Crippen LogP contribution in [0.5, 0.6) is 0 Å². The van der Waals surface area contributed by atoms with Crippen LogP contribution in [0.4, 0.5) is 0 Å². The maximum Gasteiger partial charge on any atom is 0.332 e. The highest BCUT2D eigenvalue weighted by atomic mass is 16.6. The number of aliphatic carboxylic acids is 1. The van der Waals surface area contributed by atoms with Crippen molar-refractivity contribution in [1.29, 1.82) is 0 Å². The molecule has 0 spiro atoms. The van der Waals surface area contributed by atoms with Gasteiger partial charge in [-0.3, -0.25) is 0 Å². The van der Waals surface area contributed by atoms with Gasteiger partial charge in [-0.15, -0.1) is 0 Å². The van der Waals surface area contributed by atoms with Gasteiger partial charge in [0.1, 0.15) is 13.2 Å². The van der Waals surface area contributed by atoms with Crippen LogP contribution in [0.25, 0.3) is 0 Å². The second-order valence-corrected chi connectivity index (χ2v) is 3.69. The molecule has 0 aromatic heterocycles. The van der Waals surface area contributed by atoms with Crippen LogP contribution < -0.4 is 0 Å². The number of carboxylic acid groups (broad SMARTS) is 1. The lowest BCUT2D eigenvalue weighted by Gasteiger charge is -2.06. The summed E-state index contributed by atoms with van der Waals surface area (Å²) in [7, 11) is 0. The molecule has 0 aliphatic rings. The van der Waals surface area contributed by atoms with E-state index in [9.17, 15) is 9.59 Å². The summed E-state index contributed by atoms with van der Waals surface area (Å²) >= 11 is 0. The molecule has 0 fully saturated rings. The molecule has 19 heavy (non-hydrogen) atoms. The minimum absolute atomic E-state index is 0.0808. The van der Waals surface area contributed by atoms with E-state index < -0.39 is 5.97 Å². The van der Waals surface area contributed by atoms with Gasteiger partial charge in [0.15, 0.2) is 0 Å². The molecular formula is C12H22O7. The quantitative estimate of drug-likeness (QED) is 0.386. The first kappa shape index (κ1) is 17.8. The zero-order valence-corrected chi connectivity index (χ0v) is 11.3. The molecule has 0 unspecified atom stereocenters. The van der Waals surface area contributed by atoms with Crippen LogP contribution in [0.15, 0.2) is 0 Å². The van der Waals surface area contributed by atoms with Crippen molar-refractivity contribution in [3.8, 4) is 0 Å². The lowest BCUT2D eigenvalue weighted by Crippen LogP contribution is -2.17. The lowest BCUT2D eigenvalue weighted by atomic mass is 10.4. The van der Waals surface area contributed by atoms with Gasteiger partial charge in [-0.2, -0.15) is 0 Å². The second kappa shape index (κ2) is 13.3. The van der Waals surface area contributed by atoms with Crippen molar-refractivity contribution >= 4 is 11.9 Å². The van der Waals surface area contributed by atoms with Crippen molar-refractivity contribution in [2.45, 2.75) is 19.8 Å². The standard InChI is InChI=1S/C12H22O7/c1-2-3-4-19-12(15)10-18-8-6-16-5-7-17-9-11(13)14/h2-10H2,1H3,(H,13,14). The van der Waals surface area contributed by atoms with Gasteiger partial charge in [0.2, 0.25) is 0 Å². The van der Waals surface area contributed by atoms with Crippen molar-refractivity contribution in [2.75, 3.05) is 46.2 Å². The molecule has 7 heteroatoms. The second-order valence-electron chi connectivity index (χ2n) is 3.69. The molecule has 0 aliphatic heterocycles. The maximum atomic E-state index is 11.1. The Bertz CT molecular complexity index is 242. The van der Waals surface area contributed by atoms with Crippen LogP contribution in [0, 0.1) is 0 Å². The number of hydrogen-bond acceptors (Lipinski definition) is 6. The Morgan fingerprint density at radius 1 is 0.895 bits per heavy atom. The van der Waals surface area contributed by atoms with Crippen molar-refractivity contribution < 1.29 is 33.6 Å². The number of rotatable bonds is 13. The Morgan fingerprint density at radius 2 is 1.47 bits per heavy atom. The number of ether oxygens (including phenoxy) is 4. The molecule has 7 nitrogen and oxygen atoms in total. The third-order valence-electron chi connectivity index (χ3n) is 1.95. The Hall–Kier alpha value is -1.18. The lowest BCUT2D eigenvalue weighted by molar-refractivity contribution is -0.149. The smallest absolute Gasteiger partial charge is 0.332 e. The summed E-state index contributed by atoms with van der Waals surface area (Å²) in [5.41, 5.74) is 0. The third kappa shape index (κ3) is 14.8. The van der Waals surface area contributed by atoms with E-state index >= 15 is 0 Å². The van der Waals surface area contributed by atoms with Crippen molar-refractivity contribution in [1.82, 2.24) is 0 Å². The van der Waals surface area contributed by atoms with Crippen LogP contribution in [-0.2, 0) is 28.5 Å². The topological polar surface area (TPSA) is 91.3 Å². The molecule has 0 atom stereocenters. The average molecular weight is 278 g/mol. The molecule has 112 valence electrons. The highest BCUT2D eigenvalue weighted by Crippen LogP contribution is 1.89. The summed E-state index contributed by atoms with van der Waals surface area (Å²) in [6.07, 6.45) is 1.83. The van der Waals surface area contributed by atoms with E-state index in [2.05, 4.69) is 0 Å². The molecule has 0 amide bonds. The summed E-state index contributed by atoms with van der Waals surface area (Å²) in [5, 5.41) is 8.29. The monoisotopic (exact) mass is 278 g/mol. The van der Waals surface area contributed by atoms with Gasteiger partial charge in [-0.25, -0.2) is 9.59 Å². The zero-order valence-electron chi connectivity index (χ0n) is 11.3. The van der Waals surface area contributed by atoms with Gasteiger partial charge in [-0.1, -0.05) is 13.3 Å². The summed E-state index contributed by atoms with van der Waals surface area (Å²) in [4.78, 5) is 21.2. The molecule has 0 saturated carbocycles. The highest BCUT2D eigenvalue weighted by molar-refractivity contribution is 5.70. The molecule has 0 aromatic rings. The van der Waals surface area contributed by atoms with E-state index in [1.54, 1.807) is 0 Å². The normalized spacial score (nSPS) is 10.4. The zero-order chi connectivity index (χ0) is 14.3. The van der Waals surface area contributed by atoms with E-state index in [-0.39, 0.29) is 39.0 Å². The number of carboxylic acids is 1. The SMILES string of the molecule is CCCCOC(=O)COCCOCCOCC(=O)O. The van der Waals surface area contributed by atoms with Crippen LogP contribution in [0.3, 0.4) is 0 Å².